The zero-order valence-electron chi connectivity index (χ0n) is 20.4. The summed E-state index contributed by atoms with van der Waals surface area (Å²) in [5.74, 6) is -0.649. The number of hydrogen-bond acceptors (Lipinski definition) is 5. The molecule has 196 valence electrons. The van der Waals surface area contributed by atoms with Crippen LogP contribution >= 0.6 is 0 Å². The molecule has 0 fully saturated rings. The highest BCUT2D eigenvalue weighted by molar-refractivity contribution is 5.91. The lowest BCUT2D eigenvalue weighted by Gasteiger charge is -2.19. The van der Waals surface area contributed by atoms with E-state index < -0.39 is 29.9 Å². The van der Waals surface area contributed by atoms with Crippen LogP contribution in [0.5, 0.6) is 0 Å². The molecule has 4 rings (SSSR count). The van der Waals surface area contributed by atoms with E-state index in [1.54, 1.807) is 31.2 Å². The molecule has 7 nitrogen and oxygen atoms in total. The Morgan fingerprint density at radius 1 is 0.974 bits per heavy atom. The Morgan fingerprint density at radius 2 is 1.55 bits per heavy atom. The van der Waals surface area contributed by atoms with Crippen LogP contribution < -0.4 is 5.32 Å². The number of amides is 1. The van der Waals surface area contributed by atoms with E-state index in [1.165, 1.54) is 25.1 Å². The molecule has 0 aliphatic carbocycles. The maximum atomic E-state index is 13.3. The zero-order chi connectivity index (χ0) is 27.4. The fourth-order valence-corrected chi connectivity index (χ4v) is 3.98. The number of hydrogen-bond donors (Lipinski definition) is 2. The third-order valence-electron chi connectivity index (χ3n) is 5.87. The van der Waals surface area contributed by atoms with Crippen LogP contribution in [0.2, 0.25) is 0 Å². The predicted molar refractivity (Wildman–Crippen MR) is 133 cm³/mol. The molecule has 4 aromatic rings. The molecule has 0 spiro atoms. The average Bonchev–Trinajstić information content (AvgIpc) is 3.23. The van der Waals surface area contributed by atoms with Gasteiger partial charge in [0, 0.05) is 11.1 Å². The zero-order valence-corrected chi connectivity index (χ0v) is 20.4. The minimum absolute atomic E-state index is 0.0596. The normalized spacial score (nSPS) is 12.1. The number of carbonyl (C=O) groups is 2. The Hall–Kier alpha value is -4.60. The van der Waals surface area contributed by atoms with Crippen molar-refractivity contribution in [2.24, 2.45) is 0 Å². The highest BCUT2D eigenvalue weighted by Gasteiger charge is 2.35. The van der Waals surface area contributed by atoms with Crippen molar-refractivity contribution < 1.29 is 37.1 Å². The molecule has 0 bridgehead atoms. The van der Waals surface area contributed by atoms with Crippen LogP contribution in [0.15, 0.2) is 77.3 Å². The maximum absolute atomic E-state index is 13.3. The molecule has 0 aliphatic heterocycles. The first-order valence-electron chi connectivity index (χ1n) is 11.5. The first-order valence-corrected chi connectivity index (χ1v) is 11.5. The molecule has 10 heteroatoms. The van der Waals surface area contributed by atoms with Gasteiger partial charge in [-0.25, -0.2) is 4.79 Å². The molecule has 0 radical (unpaired) electrons. The summed E-state index contributed by atoms with van der Waals surface area (Å²) >= 11 is 0. The van der Waals surface area contributed by atoms with Crippen LogP contribution in [0.1, 0.15) is 35.4 Å². The van der Waals surface area contributed by atoms with Gasteiger partial charge in [0.25, 0.3) is 0 Å². The fourth-order valence-electron chi connectivity index (χ4n) is 3.98. The number of carboxylic acid groups (broad SMARTS) is 1. The van der Waals surface area contributed by atoms with Gasteiger partial charge in [-0.1, -0.05) is 71.9 Å². The lowest BCUT2D eigenvalue weighted by Crippen LogP contribution is -2.19. The number of aromatic nitrogens is 1. The third-order valence-corrected chi connectivity index (χ3v) is 5.87. The smallest absolute Gasteiger partial charge is 0.416 e. The number of rotatable bonds is 7. The molecule has 0 aliphatic rings. The summed E-state index contributed by atoms with van der Waals surface area (Å²) < 4.78 is 50.7. The van der Waals surface area contributed by atoms with Crippen molar-refractivity contribution in [3.8, 4) is 22.5 Å². The lowest BCUT2D eigenvalue weighted by molar-refractivity contribution is -0.139. The Kier molecular flexibility index (Phi) is 7.52. The van der Waals surface area contributed by atoms with Crippen molar-refractivity contribution in [3.63, 3.8) is 0 Å². The van der Waals surface area contributed by atoms with Gasteiger partial charge in [-0.05, 0) is 36.6 Å². The average molecular weight is 524 g/mol. The Labute approximate surface area is 215 Å². The Balaban J connectivity index is 1.49. The van der Waals surface area contributed by atoms with E-state index in [0.29, 0.717) is 16.8 Å². The number of carboxylic acids is 1. The van der Waals surface area contributed by atoms with Gasteiger partial charge < -0.3 is 14.4 Å². The van der Waals surface area contributed by atoms with E-state index in [2.05, 4.69) is 10.5 Å². The quantitative estimate of drug-likeness (QED) is 0.264. The second-order valence-corrected chi connectivity index (χ2v) is 8.57. The lowest BCUT2D eigenvalue weighted by atomic mass is 10.0. The van der Waals surface area contributed by atoms with Crippen LogP contribution in [-0.2, 0) is 22.1 Å². The molecule has 1 unspecified atom stereocenters. The molecule has 1 heterocycles. The molecule has 1 atom stereocenters. The van der Waals surface area contributed by atoms with E-state index in [0.717, 1.165) is 17.2 Å². The number of nitrogens with zero attached hydrogens (tertiary/aromatic N) is 1. The Morgan fingerprint density at radius 3 is 2.16 bits per heavy atom. The fraction of sp³-hybridized carbons (Fsp3) is 0.179. The minimum Gasteiger partial charge on any atom is -0.481 e. The van der Waals surface area contributed by atoms with Crippen LogP contribution in [0.25, 0.3) is 22.5 Å². The van der Waals surface area contributed by atoms with Gasteiger partial charge in [0.2, 0.25) is 0 Å². The van der Waals surface area contributed by atoms with Gasteiger partial charge in [0.1, 0.15) is 17.5 Å². The molecular weight excluding hydrogens is 501 g/mol. The van der Waals surface area contributed by atoms with Gasteiger partial charge in [-0.3, -0.25) is 10.1 Å². The van der Waals surface area contributed by atoms with E-state index in [4.69, 9.17) is 14.4 Å². The molecule has 0 saturated carbocycles. The number of ether oxygens (including phenoxy) is 1. The largest absolute Gasteiger partial charge is 0.481 e. The molecule has 3 aromatic carbocycles. The first-order chi connectivity index (χ1) is 18.0. The molecule has 2 N–H and O–H groups in total. The van der Waals surface area contributed by atoms with Crippen molar-refractivity contribution in [3.05, 3.63) is 95.2 Å². The van der Waals surface area contributed by atoms with E-state index in [1.807, 2.05) is 24.3 Å². The van der Waals surface area contributed by atoms with Crippen LogP contribution in [0.4, 0.5) is 23.7 Å². The summed E-state index contributed by atoms with van der Waals surface area (Å²) in [7, 11) is 0. The molecule has 1 aromatic heterocycles. The van der Waals surface area contributed by atoms with Gasteiger partial charge >= 0.3 is 18.2 Å². The standard InChI is InChI=1S/C28H23F3N2O5/c1-16-25(32-27(36)37-17(2)22-5-3-4-6-23(22)28(29,30)31)26(38-33-16)21-13-11-20(12-14-21)19-9-7-18(8-10-19)15-24(34)35/h3-14,17H,15H2,1-2H3,(H,32,36)(H,34,35). The third kappa shape index (κ3) is 6.03. The number of halogens is 3. The van der Waals surface area contributed by atoms with Crippen LogP contribution in [0, 0.1) is 6.92 Å². The first kappa shape index (κ1) is 26.5. The molecule has 1 amide bonds. The van der Waals surface area contributed by atoms with Crippen molar-refractivity contribution in [1.82, 2.24) is 5.16 Å². The number of alkyl halides is 3. The summed E-state index contributed by atoms with van der Waals surface area (Å²) in [5.41, 5.74) is 2.60. The van der Waals surface area contributed by atoms with Gasteiger partial charge in [0.05, 0.1) is 12.0 Å². The predicted octanol–water partition coefficient (Wildman–Crippen LogP) is 7.27. The number of aliphatic carboxylic acids is 1. The van der Waals surface area contributed by atoms with Crippen LogP contribution in [-0.4, -0.2) is 22.3 Å². The number of aryl methyl sites for hydroxylation is 1. The van der Waals surface area contributed by atoms with Gasteiger partial charge in [0.15, 0.2) is 5.76 Å². The van der Waals surface area contributed by atoms with Gasteiger partial charge in [-0.15, -0.1) is 0 Å². The molecule has 0 saturated heterocycles. The second kappa shape index (κ2) is 10.8. The van der Waals surface area contributed by atoms with Crippen LogP contribution in [0.3, 0.4) is 0 Å². The van der Waals surface area contributed by atoms with E-state index >= 15 is 0 Å². The molecular formula is C28H23F3N2O5. The molecule has 38 heavy (non-hydrogen) atoms. The Bertz CT molecular complexity index is 1440. The number of nitrogens with one attached hydrogen (secondary N) is 1. The second-order valence-electron chi connectivity index (χ2n) is 8.57. The monoisotopic (exact) mass is 524 g/mol. The highest BCUT2D eigenvalue weighted by atomic mass is 19.4. The number of carbonyl (C=O) groups excluding carboxylic acids is 1. The van der Waals surface area contributed by atoms with Crippen molar-refractivity contribution in [2.45, 2.75) is 32.5 Å². The number of anilines is 1. The number of benzene rings is 3. The van der Waals surface area contributed by atoms with Crippen molar-refractivity contribution in [2.75, 3.05) is 5.32 Å². The topological polar surface area (TPSA) is 102 Å². The van der Waals surface area contributed by atoms with Crippen molar-refractivity contribution >= 4 is 17.7 Å². The van der Waals surface area contributed by atoms with E-state index in [9.17, 15) is 22.8 Å². The van der Waals surface area contributed by atoms with Crippen molar-refractivity contribution in [1.29, 1.82) is 0 Å². The summed E-state index contributed by atoms with van der Waals surface area (Å²) in [4.78, 5) is 23.5. The van der Waals surface area contributed by atoms with Gasteiger partial charge in [-0.2, -0.15) is 13.2 Å². The summed E-state index contributed by atoms with van der Waals surface area (Å²) in [6.07, 6.45) is -6.77. The maximum Gasteiger partial charge on any atom is 0.416 e. The summed E-state index contributed by atoms with van der Waals surface area (Å²) in [6, 6.07) is 19.2. The summed E-state index contributed by atoms with van der Waals surface area (Å²) in [6.45, 7) is 2.97. The highest BCUT2D eigenvalue weighted by Crippen LogP contribution is 2.36. The SMILES string of the molecule is Cc1noc(-c2ccc(-c3ccc(CC(=O)O)cc3)cc2)c1NC(=O)OC(C)c1ccccc1C(F)(F)F. The summed E-state index contributed by atoms with van der Waals surface area (Å²) in [5, 5.41) is 15.4. The van der Waals surface area contributed by atoms with E-state index in [-0.39, 0.29) is 23.4 Å². The minimum atomic E-state index is -4.59.